The van der Waals surface area contributed by atoms with Crippen LogP contribution in [0.5, 0.6) is 5.75 Å². The molecule has 0 saturated heterocycles. The highest BCUT2D eigenvalue weighted by atomic mass is 32.2. The molecule has 3 aromatic rings. The van der Waals surface area contributed by atoms with Crippen molar-refractivity contribution in [3.8, 4) is 5.75 Å². The van der Waals surface area contributed by atoms with Crippen LogP contribution >= 0.6 is 11.3 Å². The minimum absolute atomic E-state index is 0.0303. The zero-order valence-electron chi connectivity index (χ0n) is 13.6. The standard InChI is InChI=1S/C17H16FN3O3S2/c18-13-3-5-16(6-4-13)26(22,23)20-9-7-14-12-25-17(21-14)11-24-15-2-1-8-19-10-15/h1-6,8,10,12,20H,7,9,11H2. The van der Waals surface area contributed by atoms with Crippen molar-refractivity contribution in [3.05, 3.63) is 70.7 Å². The van der Waals surface area contributed by atoms with Gasteiger partial charge in [0.15, 0.2) is 0 Å². The number of halogens is 1. The number of nitrogens with one attached hydrogen (secondary N) is 1. The second-order valence-corrected chi connectivity index (χ2v) is 8.02. The molecule has 6 nitrogen and oxygen atoms in total. The number of pyridine rings is 1. The minimum Gasteiger partial charge on any atom is -0.485 e. The van der Waals surface area contributed by atoms with Crippen molar-refractivity contribution in [1.29, 1.82) is 0 Å². The quantitative estimate of drug-likeness (QED) is 0.636. The van der Waals surface area contributed by atoms with Crippen LogP contribution in [-0.4, -0.2) is 24.9 Å². The van der Waals surface area contributed by atoms with Crippen LogP contribution in [0.2, 0.25) is 0 Å². The molecule has 2 heterocycles. The Kier molecular flexibility index (Phi) is 5.92. The Morgan fingerprint density at radius 3 is 2.73 bits per heavy atom. The van der Waals surface area contributed by atoms with Gasteiger partial charge in [-0.1, -0.05) is 0 Å². The smallest absolute Gasteiger partial charge is 0.240 e. The van der Waals surface area contributed by atoms with Gasteiger partial charge in [-0.2, -0.15) is 0 Å². The van der Waals surface area contributed by atoms with E-state index in [-0.39, 0.29) is 11.4 Å². The number of aromatic nitrogens is 2. The van der Waals surface area contributed by atoms with Gasteiger partial charge in [0.1, 0.15) is 23.2 Å². The average Bonchev–Trinajstić information content (AvgIpc) is 3.09. The maximum Gasteiger partial charge on any atom is 0.240 e. The fourth-order valence-electron chi connectivity index (χ4n) is 2.12. The van der Waals surface area contributed by atoms with Crippen molar-refractivity contribution in [3.63, 3.8) is 0 Å². The van der Waals surface area contributed by atoms with E-state index in [1.807, 2.05) is 11.4 Å². The van der Waals surface area contributed by atoms with E-state index in [4.69, 9.17) is 4.74 Å². The van der Waals surface area contributed by atoms with Crippen LogP contribution in [0.4, 0.5) is 4.39 Å². The molecule has 0 spiro atoms. The number of ether oxygens (including phenoxy) is 1. The molecular weight excluding hydrogens is 377 g/mol. The molecule has 1 aromatic carbocycles. The van der Waals surface area contributed by atoms with E-state index in [0.29, 0.717) is 18.8 Å². The van der Waals surface area contributed by atoms with Gasteiger partial charge in [0.05, 0.1) is 16.8 Å². The summed E-state index contributed by atoms with van der Waals surface area (Å²) < 4.78 is 45.2. The SMILES string of the molecule is O=S(=O)(NCCc1csc(COc2cccnc2)n1)c1ccc(F)cc1. The molecule has 0 amide bonds. The van der Waals surface area contributed by atoms with Gasteiger partial charge in [0, 0.05) is 24.5 Å². The number of thiazole rings is 1. The second-order valence-electron chi connectivity index (χ2n) is 5.31. The average molecular weight is 393 g/mol. The third-order valence-corrected chi connectivity index (χ3v) is 5.74. The van der Waals surface area contributed by atoms with Gasteiger partial charge in [-0.3, -0.25) is 4.98 Å². The minimum atomic E-state index is -3.66. The van der Waals surface area contributed by atoms with Gasteiger partial charge in [-0.05, 0) is 36.4 Å². The summed E-state index contributed by atoms with van der Waals surface area (Å²) in [6.45, 7) is 0.532. The third-order valence-electron chi connectivity index (χ3n) is 3.39. The lowest BCUT2D eigenvalue weighted by Crippen LogP contribution is -2.26. The Bertz CT molecular complexity index is 945. The van der Waals surface area contributed by atoms with Crippen LogP contribution < -0.4 is 9.46 Å². The number of nitrogens with zero attached hydrogens (tertiary/aromatic N) is 2. The van der Waals surface area contributed by atoms with Gasteiger partial charge in [0.25, 0.3) is 0 Å². The maximum atomic E-state index is 12.9. The van der Waals surface area contributed by atoms with Crippen LogP contribution in [0, 0.1) is 5.82 Å². The molecule has 0 aliphatic carbocycles. The van der Waals surface area contributed by atoms with Crippen LogP contribution in [0.25, 0.3) is 0 Å². The first-order chi connectivity index (χ1) is 12.5. The summed E-state index contributed by atoms with van der Waals surface area (Å²) in [6, 6.07) is 8.29. The van der Waals surface area contributed by atoms with Crippen molar-refractivity contribution in [2.24, 2.45) is 0 Å². The Balaban J connectivity index is 1.49. The van der Waals surface area contributed by atoms with E-state index in [9.17, 15) is 12.8 Å². The van der Waals surface area contributed by atoms with E-state index >= 15 is 0 Å². The summed E-state index contributed by atoms with van der Waals surface area (Å²) in [5, 5.41) is 2.67. The van der Waals surface area contributed by atoms with Crippen LogP contribution in [0.15, 0.2) is 59.1 Å². The largest absolute Gasteiger partial charge is 0.485 e. The predicted molar refractivity (Wildman–Crippen MR) is 96.0 cm³/mol. The summed E-state index contributed by atoms with van der Waals surface area (Å²) >= 11 is 1.45. The highest BCUT2D eigenvalue weighted by Gasteiger charge is 2.13. The first kappa shape index (κ1) is 18.4. The fourth-order valence-corrected chi connectivity index (χ4v) is 3.89. The Labute approximate surface area is 154 Å². The first-order valence-corrected chi connectivity index (χ1v) is 10.1. The number of sulfonamides is 1. The third kappa shape index (κ3) is 5.07. The summed E-state index contributed by atoms with van der Waals surface area (Å²) in [4.78, 5) is 8.42. The maximum absolute atomic E-state index is 12.9. The van der Waals surface area contributed by atoms with Crippen molar-refractivity contribution < 1.29 is 17.5 Å². The lowest BCUT2D eigenvalue weighted by Gasteiger charge is -2.05. The topological polar surface area (TPSA) is 81.2 Å². The molecule has 0 bridgehead atoms. The molecule has 3 rings (SSSR count). The van der Waals surface area contributed by atoms with E-state index in [2.05, 4.69) is 14.7 Å². The zero-order chi connectivity index (χ0) is 18.4. The molecule has 0 fully saturated rings. The molecule has 0 atom stereocenters. The number of hydrogen-bond acceptors (Lipinski definition) is 6. The summed E-state index contributed by atoms with van der Waals surface area (Å²) in [5.74, 6) is 0.184. The van der Waals surface area contributed by atoms with Crippen LogP contribution in [0.3, 0.4) is 0 Å². The molecule has 0 aliphatic heterocycles. The molecule has 9 heteroatoms. The van der Waals surface area contributed by atoms with Crippen molar-refractivity contribution in [2.45, 2.75) is 17.9 Å². The summed E-state index contributed by atoms with van der Waals surface area (Å²) in [6.07, 6.45) is 3.74. The molecule has 0 saturated carbocycles. The molecule has 2 aromatic heterocycles. The fraction of sp³-hybridized carbons (Fsp3) is 0.176. The normalized spacial score (nSPS) is 11.4. The van der Waals surface area contributed by atoms with Crippen LogP contribution in [-0.2, 0) is 23.1 Å². The molecular formula is C17H16FN3O3S2. The Morgan fingerprint density at radius 2 is 2.00 bits per heavy atom. The summed E-state index contributed by atoms with van der Waals surface area (Å²) in [5.41, 5.74) is 0.779. The van der Waals surface area contributed by atoms with E-state index in [0.717, 1.165) is 22.8 Å². The van der Waals surface area contributed by atoms with Crippen LogP contribution in [0.1, 0.15) is 10.7 Å². The van der Waals surface area contributed by atoms with Crippen molar-refractivity contribution in [2.75, 3.05) is 6.54 Å². The van der Waals surface area contributed by atoms with Crippen molar-refractivity contribution >= 4 is 21.4 Å². The number of benzene rings is 1. The Hall–Kier alpha value is -2.36. The van der Waals surface area contributed by atoms with Gasteiger partial charge in [0.2, 0.25) is 10.0 Å². The van der Waals surface area contributed by atoms with Gasteiger partial charge < -0.3 is 4.74 Å². The molecule has 26 heavy (non-hydrogen) atoms. The van der Waals surface area contributed by atoms with E-state index in [1.54, 1.807) is 18.5 Å². The lowest BCUT2D eigenvalue weighted by molar-refractivity contribution is 0.304. The highest BCUT2D eigenvalue weighted by Crippen LogP contribution is 2.15. The lowest BCUT2D eigenvalue weighted by atomic mass is 10.3. The van der Waals surface area contributed by atoms with Gasteiger partial charge in [-0.15, -0.1) is 11.3 Å². The molecule has 0 aliphatic rings. The molecule has 0 radical (unpaired) electrons. The molecule has 136 valence electrons. The van der Waals surface area contributed by atoms with Crippen molar-refractivity contribution in [1.82, 2.24) is 14.7 Å². The number of hydrogen-bond donors (Lipinski definition) is 1. The molecule has 0 unspecified atom stereocenters. The van der Waals surface area contributed by atoms with E-state index in [1.165, 1.54) is 23.5 Å². The molecule has 1 N–H and O–H groups in total. The number of rotatable bonds is 8. The Morgan fingerprint density at radius 1 is 1.19 bits per heavy atom. The highest BCUT2D eigenvalue weighted by molar-refractivity contribution is 7.89. The monoisotopic (exact) mass is 393 g/mol. The summed E-state index contributed by atoms with van der Waals surface area (Å²) in [7, 11) is -3.66. The van der Waals surface area contributed by atoms with Gasteiger partial charge in [-0.25, -0.2) is 22.5 Å². The first-order valence-electron chi connectivity index (χ1n) is 7.74. The van der Waals surface area contributed by atoms with Gasteiger partial charge >= 0.3 is 0 Å². The predicted octanol–water partition coefficient (Wildman–Crippen LogP) is 2.78. The second kappa shape index (κ2) is 8.35. The zero-order valence-corrected chi connectivity index (χ0v) is 15.3. The van der Waals surface area contributed by atoms with E-state index < -0.39 is 15.8 Å².